The first-order valence-electron chi connectivity index (χ1n) is 8.59. The molecule has 2 N–H and O–H groups in total. The van der Waals surface area contributed by atoms with Crippen LogP contribution in [-0.4, -0.2) is 23.2 Å². The number of carbonyl (C=O) groups excluding carboxylic acids is 1. The molecular weight excluding hydrogens is 340 g/mol. The van der Waals surface area contributed by atoms with E-state index in [0.29, 0.717) is 11.6 Å². The van der Waals surface area contributed by atoms with Crippen LogP contribution in [0.25, 0.3) is 0 Å². The summed E-state index contributed by atoms with van der Waals surface area (Å²) >= 11 is 0. The molecule has 0 radical (unpaired) electrons. The van der Waals surface area contributed by atoms with E-state index in [-0.39, 0.29) is 11.6 Å². The summed E-state index contributed by atoms with van der Waals surface area (Å²) in [5, 5.41) is 14.1. The van der Waals surface area contributed by atoms with Crippen molar-refractivity contribution in [2.45, 2.75) is 20.8 Å². The van der Waals surface area contributed by atoms with Crippen molar-refractivity contribution in [3.05, 3.63) is 70.9 Å². The maximum atomic E-state index is 12.4. The maximum absolute atomic E-state index is 12.4. The third kappa shape index (κ3) is 4.61. The minimum Gasteiger partial charge on any atom is -0.495 e. The highest BCUT2D eigenvalue weighted by atomic mass is 16.5. The van der Waals surface area contributed by atoms with E-state index in [0.717, 1.165) is 28.1 Å². The number of nitrogens with one attached hydrogen (secondary N) is 2. The zero-order chi connectivity index (χ0) is 19.4. The average molecular weight is 362 g/mol. The van der Waals surface area contributed by atoms with Gasteiger partial charge in [0, 0.05) is 5.69 Å². The molecule has 0 fully saturated rings. The summed E-state index contributed by atoms with van der Waals surface area (Å²) in [6.07, 6.45) is 0. The van der Waals surface area contributed by atoms with Gasteiger partial charge in [-0.25, -0.2) is 0 Å². The predicted octanol–water partition coefficient (Wildman–Crippen LogP) is 4.41. The Balaban J connectivity index is 1.73. The maximum Gasteiger partial charge on any atom is 0.276 e. The van der Waals surface area contributed by atoms with E-state index in [4.69, 9.17) is 4.74 Å². The van der Waals surface area contributed by atoms with Crippen LogP contribution in [-0.2, 0) is 0 Å². The fourth-order valence-electron chi connectivity index (χ4n) is 2.82. The largest absolute Gasteiger partial charge is 0.495 e. The highest BCUT2D eigenvalue weighted by Crippen LogP contribution is 2.27. The first-order valence-corrected chi connectivity index (χ1v) is 8.59. The Morgan fingerprint density at radius 1 is 0.889 bits per heavy atom. The summed E-state index contributed by atoms with van der Waals surface area (Å²) in [6.45, 7) is 5.97. The molecular formula is C21H22N4O2. The number of benzene rings is 2. The number of hydrogen-bond acceptors (Lipinski definition) is 5. The van der Waals surface area contributed by atoms with Crippen LogP contribution in [0.2, 0.25) is 0 Å². The number of ether oxygens (including phenoxy) is 1. The van der Waals surface area contributed by atoms with Crippen molar-refractivity contribution in [1.29, 1.82) is 0 Å². The van der Waals surface area contributed by atoms with Crippen LogP contribution in [0.3, 0.4) is 0 Å². The summed E-state index contributed by atoms with van der Waals surface area (Å²) in [5.74, 6) is 0.938. The van der Waals surface area contributed by atoms with Crippen LogP contribution in [0, 0.1) is 20.8 Å². The van der Waals surface area contributed by atoms with Gasteiger partial charge in [0.15, 0.2) is 11.5 Å². The van der Waals surface area contributed by atoms with Crippen molar-refractivity contribution < 1.29 is 9.53 Å². The number of aryl methyl sites for hydroxylation is 3. The first-order chi connectivity index (χ1) is 12.9. The Kier molecular flexibility index (Phi) is 5.35. The van der Waals surface area contributed by atoms with E-state index >= 15 is 0 Å². The van der Waals surface area contributed by atoms with E-state index in [9.17, 15) is 4.79 Å². The third-order valence-electron chi connectivity index (χ3n) is 3.99. The zero-order valence-corrected chi connectivity index (χ0v) is 15.8. The summed E-state index contributed by atoms with van der Waals surface area (Å²) in [6, 6.07) is 15.0. The second kappa shape index (κ2) is 7.86. The molecule has 0 unspecified atom stereocenters. The molecule has 3 rings (SSSR count). The number of amides is 1. The number of hydrogen-bond donors (Lipinski definition) is 2. The Bertz CT molecular complexity index is 948. The van der Waals surface area contributed by atoms with Gasteiger partial charge >= 0.3 is 0 Å². The quantitative estimate of drug-likeness (QED) is 0.703. The lowest BCUT2D eigenvalue weighted by molar-refractivity contribution is 0.102. The fourth-order valence-corrected chi connectivity index (χ4v) is 2.82. The number of carbonyl (C=O) groups is 1. The lowest BCUT2D eigenvalue weighted by Gasteiger charge is -2.11. The molecule has 27 heavy (non-hydrogen) atoms. The summed E-state index contributed by atoms with van der Waals surface area (Å²) < 4.78 is 5.35. The first kappa shape index (κ1) is 18.4. The number of nitrogens with zero attached hydrogens (tertiary/aromatic N) is 2. The molecule has 1 amide bonds. The lowest BCUT2D eigenvalue weighted by Crippen LogP contribution is -2.14. The van der Waals surface area contributed by atoms with Crippen molar-refractivity contribution in [2.24, 2.45) is 0 Å². The SMILES string of the molecule is COc1ccc(C)cc1Nc1ccc(C(=O)Nc2cc(C)cc(C)c2)nn1. The van der Waals surface area contributed by atoms with Crippen LogP contribution in [0.5, 0.6) is 5.75 Å². The van der Waals surface area contributed by atoms with E-state index in [2.05, 4.69) is 26.9 Å². The van der Waals surface area contributed by atoms with Crippen molar-refractivity contribution in [3.63, 3.8) is 0 Å². The van der Waals surface area contributed by atoms with Gasteiger partial charge in [-0.1, -0.05) is 12.1 Å². The topological polar surface area (TPSA) is 76.1 Å². The molecule has 0 aliphatic rings. The van der Waals surface area contributed by atoms with Crippen molar-refractivity contribution >= 4 is 23.1 Å². The Hall–Kier alpha value is -3.41. The van der Waals surface area contributed by atoms with Gasteiger partial charge in [0.25, 0.3) is 5.91 Å². The highest BCUT2D eigenvalue weighted by molar-refractivity contribution is 6.02. The van der Waals surface area contributed by atoms with E-state index < -0.39 is 0 Å². The van der Waals surface area contributed by atoms with Crippen LogP contribution in [0.4, 0.5) is 17.2 Å². The molecule has 0 saturated heterocycles. The molecule has 138 valence electrons. The highest BCUT2D eigenvalue weighted by Gasteiger charge is 2.10. The van der Waals surface area contributed by atoms with Crippen LogP contribution >= 0.6 is 0 Å². The molecule has 1 heterocycles. The second-order valence-electron chi connectivity index (χ2n) is 6.46. The van der Waals surface area contributed by atoms with Gasteiger partial charge in [0.1, 0.15) is 5.75 Å². The normalized spacial score (nSPS) is 10.4. The van der Waals surface area contributed by atoms with Crippen molar-refractivity contribution in [1.82, 2.24) is 10.2 Å². The Morgan fingerprint density at radius 3 is 2.26 bits per heavy atom. The van der Waals surface area contributed by atoms with Gasteiger partial charge in [-0.3, -0.25) is 4.79 Å². The molecule has 0 aliphatic heterocycles. The molecule has 0 spiro atoms. The van der Waals surface area contributed by atoms with Gasteiger partial charge < -0.3 is 15.4 Å². The number of rotatable bonds is 5. The van der Waals surface area contributed by atoms with Crippen LogP contribution in [0.1, 0.15) is 27.2 Å². The Labute approximate surface area is 158 Å². The van der Waals surface area contributed by atoms with Gasteiger partial charge in [-0.2, -0.15) is 0 Å². The van der Waals surface area contributed by atoms with E-state index in [1.807, 2.05) is 51.1 Å². The lowest BCUT2D eigenvalue weighted by atomic mass is 10.1. The molecule has 0 atom stereocenters. The summed E-state index contributed by atoms with van der Waals surface area (Å²) in [7, 11) is 1.61. The average Bonchev–Trinajstić information content (AvgIpc) is 2.61. The molecule has 6 heteroatoms. The number of anilines is 3. The van der Waals surface area contributed by atoms with Gasteiger partial charge in [-0.05, 0) is 73.9 Å². The van der Waals surface area contributed by atoms with Gasteiger partial charge in [0.2, 0.25) is 0 Å². The molecule has 1 aromatic heterocycles. The minimum absolute atomic E-state index is 0.246. The minimum atomic E-state index is -0.299. The standard InChI is InChI=1S/C21H22N4O2/c1-13-5-7-19(27-4)18(12-13)23-20-8-6-17(24-25-20)21(26)22-16-10-14(2)9-15(3)11-16/h5-12H,1-4H3,(H,22,26)(H,23,25). The molecule has 6 nitrogen and oxygen atoms in total. The van der Waals surface area contributed by atoms with E-state index in [1.165, 1.54) is 0 Å². The zero-order valence-electron chi connectivity index (χ0n) is 15.8. The number of aromatic nitrogens is 2. The molecule has 0 saturated carbocycles. The predicted molar refractivity (Wildman–Crippen MR) is 107 cm³/mol. The van der Waals surface area contributed by atoms with Gasteiger partial charge in [-0.15, -0.1) is 10.2 Å². The fraction of sp³-hybridized carbons (Fsp3) is 0.190. The smallest absolute Gasteiger partial charge is 0.276 e. The monoisotopic (exact) mass is 362 g/mol. The van der Waals surface area contributed by atoms with E-state index in [1.54, 1.807) is 19.2 Å². The Morgan fingerprint density at radius 2 is 1.63 bits per heavy atom. The van der Waals surface area contributed by atoms with Gasteiger partial charge in [0.05, 0.1) is 12.8 Å². The second-order valence-corrected chi connectivity index (χ2v) is 6.46. The van der Waals surface area contributed by atoms with Crippen LogP contribution < -0.4 is 15.4 Å². The van der Waals surface area contributed by atoms with Crippen molar-refractivity contribution in [3.8, 4) is 5.75 Å². The molecule has 3 aromatic rings. The molecule has 0 aliphatic carbocycles. The molecule has 0 bridgehead atoms. The molecule has 2 aromatic carbocycles. The van der Waals surface area contributed by atoms with Crippen molar-refractivity contribution in [2.75, 3.05) is 17.7 Å². The summed E-state index contributed by atoms with van der Waals surface area (Å²) in [5.41, 5.74) is 5.04. The summed E-state index contributed by atoms with van der Waals surface area (Å²) in [4.78, 5) is 12.4. The third-order valence-corrected chi connectivity index (χ3v) is 3.99. The van der Waals surface area contributed by atoms with Crippen LogP contribution in [0.15, 0.2) is 48.5 Å². The number of methoxy groups -OCH3 is 1.